The maximum Gasteiger partial charge on any atom is 0.286 e. The summed E-state index contributed by atoms with van der Waals surface area (Å²) in [6, 6.07) is 3.39. The smallest absolute Gasteiger partial charge is 0.286 e. The van der Waals surface area contributed by atoms with Crippen LogP contribution < -0.4 is 15.0 Å². The lowest BCUT2D eigenvalue weighted by Crippen LogP contribution is -2.41. The van der Waals surface area contributed by atoms with E-state index in [9.17, 15) is 4.79 Å². The summed E-state index contributed by atoms with van der Waals surface area (Å²) in [6.07, 6.45) is 7.19. The van der Waals surface area contributed by atoms with Gasteiger partial charge in [-0.25, -0.2) is 9.97 Å². The zero-order chi connectivity index (χ0) is 18.4. The molecule has 0 aromatic carbocycles. The fraction of sp³-hybridized carbons (Fsp3) is 0.526. The fourth-order valence-electron chi connectivity index (χ4n) is 4.90. The standard InChI is InChI=1S/C19H22N4O4/c1-25-12-7-21-18(22-8-12)23-10-14-13(15-4-5-19(14,11-23)27-15)9-20-17(24)16-3-2-6-26-16/h2-3,6-8,13-15H,4-5,9-11H2,1H3,(H,20,24)/t13-,14+,15+,19+/m0/s1. The Morgan fingerprint density at radius 3 is 3.04 bits per heavy atom. The SMILES string of the molecule is COc1cnc(N2C[C@@H]3[C@H](CNC(=O)c4ccco4)[C@H]4CC[C@]3(C2)O4)nc1. The molecule has 1 spiro atoms. The molecule has 8 nitrogen and oxygen atoms in total. The van der Waals surface area contributed by atoms with E-state index in [2.05, 4.69) is 20.2 Å². The van der Waals surface area contributed by atoms with Gasteiger partial charge in [-0.15, -0.1) is 0 Å². The number of hydrogen-bond donors (Lipinski definition) is 1. The van der Waals surface area contributed by atoms with E-state index in [0.29, 0.717) is 35.8 Å². The van der Waals surface area contributed by atoms with Gasteiger partial charge in [0.1, 0.15) is 0 Å². The van der Waals surface area contributed by atoms with Gasteiger partial charge >= 0.3 is 0 Å². The zero-order valence-electron chi connectivity index (χ0n) is 15.1. The van der Waals surface area contributed by atoms with Gasteiger partial charge in [-0.2, -0.15) is 0 Å². The van der Waals surface area contributed by atoms with E-state index in [1.54, 1.807) is 31.6 Å². The second kappa shape index (κ2) is 6.23. The van der Waals surface area contributed by atoms with Crippen molar-refractivity contribution in [3.63, 3.8) is 0 Å². The Labute approximate surface area is 156 Å². The van der Waals surface area contributed by atoms with Crippen LogP contribution in [0.4, 0.5) is 5.95 Å². The van der Waals surface area contributed by atoms with Crippen molar-refractivity contribution in [1.29, 1.82) is 0 Å². The predicted molar refractivity (Wildman–Crippen MR) is 95.7 cm³/mol. The van der Waals surface area contributed by atoms with Crippen molar-refractivity contribution in [3.8, 4) is 5.75 Å². The van der Waals surface area contributed by atoms with E-state index < -0.39 is 0 Å². The van der Waals surface area contributed by atoms with Crippen LogP contribution in [-0.2, 0) is 4.74 Å². The summed E-state index contributed by atoms with van der Waals surface area (Å²) in [5, 5.41) is 3.01. The number of rotatable bonds is 5. The third kappa shape index (κ3) is 2.66. The first-order valence-electron chi connectivity index (χ1n) is 9.29. The second-order valence-electron chi connectivity index (χ2n) is 7.52. The molecule has 2 bridgehead atoms. The number of carbonyl (C=O) groups is 1. The number of nitrogens with one attached hydrogen (secondary N) is 1. The largest absolute Gasteiger partial charge is 0.494 e. The molecule has 0 radical (unpaired) electrons. The molecule has 4 atom stereocenters. The minimum Gasteiger partial charge on any atom is -0.494 e. The number of nitrogens with zero attached hydrogens (tertiary/aromatic N) is 3. The van der Waals surface area contributed by atoms with Crippen molar-refractivity contribution in [1.82, 2.24) is 15.3 Å². The van der Waals surface area contributed by atoms with Gasteiger partial charge in [-0.3, -0.25) is 4.79 Å². The van der Waals surface area contributed by atoms with Crippen LogP contribution in [0.25, 0.3) is 0 Å². The van der Waals surface area contributed by atoms with Gasteiger partial charge in [0.25, 0.3) is 5.91 Å². The van der Waals surface area contributed by atoms with Crippen LogP contribution in [0, 0.1) is 11.8 Å². The van der Waals surface area contributed by atoms with Crippen molar-refractivity contribution in [2.24, 2.45) is 11.8 Å². The first kappa shape index (κ1) is 16.6. The van der Waals surface area contributed by atoms with Crippen LogP contribution in [0.5, 0.6) is 5.75 Å². The molecule has 142 valence electrons. The molecule has 3 fully saturated rings. The molecule has 1 amide bonds. The normalized spacial score (nSPS) is 31.1. The molecule has 0 unspecified atom stereocenters. The van der Waals surface area contributed by atoms with Gasteiger partial charge < -0.3 is 24.1 Å². The molecular formula is C19H22N4O4. The van der Waals surface area contributed by atoms with Gasteiger partial charge in [0.15, 0.2) is 11.5 Å². The maximum absolute atomic E-state index is 12.2. The summed E-state index contributed by atoms with van der Waals surface area (Å²) < 4.78 is 16.7. The molecule has 0 aliphatic carbocycles. The Morgan fingerprint density at radius 1 is 1.44 bits per heavy atom. The summed E-state index contributed by atoms with van der Waals surface area (Å²) in [4.78, 5) is 23.3. The number of hydrogen-bond acceptors (Lipinski definition) is 7. The molecule has 3 saturated heterocycles. The van der Waals surface area contributed by atoms with Crippen molar-refractivity contribution in [2.75, 3.05) is 31.6 Å². The van der Waals surface area contributed by atoms with Crippen molar-refractivity contribution < 1.29 is 18.7 Å². The number of methoxy groups -OCH3 is 1. The number of amides is 1. The van der Waals surface area contributed by atoms with E-state index in [1.165, 1.54) is 6.26 Å². The first-order chi connectivity index (χ1) is 13.2. The molecule has 27 heavy (non-hydrogen) atoms. The number of carbonyl (C=O) groups excluding carboxylic acids is 1. The fourth-order valence-corrected chi connectivity index (χ4v) is 4.90. The van der Waals surface area contributed by atoms with E-state index in [-0.39, 0.29) is 17.6 Å². The predicted octanol–water partition coefficient (Wildman–Crippen LogP) is 1.49. The summed E-state index contributed by atoms with van der Waals surface area (Å²) in [5.41, 5.74) is -0.145. The Bertz CT molecular complexity index is 825. The van der Waals surface area contributed by atoms with Crippen LogP contribution in [-0.4, -0.2) is 54.3 Å². The highest BCUT2D eigenvalue weighted by atomic mass is 16.5. The third-order valence-corrected chi connectivity index (χ3v) is 6.16. The van der Waals surface area contributed by atoms with Gasteiger partial charge in [0.2, 0.25) is 5.95 Å². The highest BCUT2D eigenvalue weighted by molar-refractivity contribution is 5.91. The molecule has 0 saturated carbocycles. The summed E-state index contributed by atoms with van der Waals surface area (Å²) in [7, 11) is 1.60. The quantitative estimate of drug-likeness (QED) is 0.853. The Kier molecular flexibility index (Phi) is 3.82. The minimum absolute atomic E-state index is 0.145. The molecule has 8 heteroatoms. The number of furan rings is 1. The van der Waals surface area contributed by atoms with E-state index in [0.717, 1.165) is 25.9 Å². The highest BCUT2D eigenvalue weighted by Crippen LogP contribution is 2.54. The van der Waals surface area contributed by atoms with Gasteiger partial charge in [0.05, 0.1) is 44.0 Å². The monoisotopic (exact) mass is 370 g/mol. The minimum atomic E-state index is -0.176. The maximum atomic E-state index is 12.2. The molecule has 2 aromatic rings. The molecule has 3 aliphatic rings. The van der Waals surface area contributed by atoms with E-state index in [4.69, 9.17) is 13.9 Å². The molecule has 5 rings (SSSR count). The first-order valence-corrected chi connectivity index (χ1v) is 9.29. The Balaban J connectivity index is 1.29. The van der Waals surface area contributed by atoms with Gasteiger partial charge in [-0.05, 0) is 25.0 Å². The number of anilines is 1. The van der Waals surface area contributed by atoms with Crippen LogP contribution in [0.1, 0.15) is 23.4 Å². The number of aromatic nitrogens is 2. The molecule has 5 heterocycles. The topological polar surface area (TPSA) is 89.7 Å². The second-order valence-corrected chi connectivity index (χ2v) is 7.52. The lowest BCUT2D eigenvalue weighted by atomic mass is 9.73. The van der Waals surface area contributed by atoms with E-state index >= 15 is 0 Å². The van der Waals surface area contributed by atoms with Crippen LogP contribution in [0.15, 0.2) is 35.2 Å². The lowest BCUT2D eigenvalue weighted by molar-refractivity contribution is 0.0141. The molecule has 1 N–H and O–H groups in total. The van der Waals surface area contributed by atoms with Crippen molar-refractivity contribution in [2.45, 2.75) is 24.5 Å². The molecule has 2 aromatic heterocycles. The Morgan fingerprint density at radius 2 is 2.30 bits per heavy atom. The van der Waals surface area contributed by atoms with Gasteiger partial charge in [-0.1, -0.05) is 0 Å². The number of ether oxygens (including phenoxy) is 2. The van der Waals surface area contributed by atoms with Gasteiger partial charge in [0, 0.05) is 24.9 Å². The average molecular weight is 370 g/mol. The lowest BCUT2D eigenvalue weighted by Gasteiger charge is -2.29. The zero-order valence-corrected chi connectivity index (χ0v) is 15.1. The van der Waals surface area contributed by atoms with Crippen LogP contribution in [0.3, 0.4) is 0 Å². The average Bonchev–Trinajstić information content (AvgIpc) is 3.46. The number of fused-ring (bicyclic) bond motifs is 1. The Hall–Kier alpha value is -2.61. The van der Waals surface area contributed by atoms with Crippen molar-refractivity contribution in [3.05, 3.63) is 36.5 Å². The van der Waals surface area contributed by atoms with E-state index in [1.807, 2.05) is 0 Å². The molecule has 3 aliphatic heterocycles. The van der Waals surface area contributed by atoms with Crippen LogP contribution >= 0.6 is 0 Å². The third-order valence-electron chi connectivity index (χ3n) is 6.16. The van der Waals surface area contributed by atoms with Crippen LogP contribution in [0.2, 0.25) is 0 Å². The summed E-state index contributed by atoms with van der Waals surface area (Å²) in [6.45, 7) is 2.22. The summed E-state index contributed by atoms with van der Waals surface area (Å²) in [5.74, 6) is 2.16. The molecular weight excluding hydrogens is 348 g/mol. The summed E-state index contributed by atoms with van der Waals surface area (Å²) >= 11 is 0. The van der Waals surface area contributed by atoms with Crippen molar-refractivity contribution >= 4 is 11.9 Å². The highest BCUT2D eigenvalue weighted by Gasteiger charge is 2.63.